The van der Waals surface area contributed by atoms with Gasteiger partial charge in [0.25, 0.3) is 5.91 Å². The number of anilines is 1. The summed E-state index contributed by atoms with van der Waals surface area (Å²) in [5.41, 5.74) is 0.846. The Labute approximate surface area is 157 Å². The van der Waals surface area contributed by atoms with Crippen molar-refractivity contribution in [2.45, 2.75) is 26.2 Å². The standard InChI is InChI=1S/C19H23N5O3/c1-14(25)21-17-12-16(22-24(17)15-8-4-2-5-9-15)19(27)20-13-18(26)23-10-6-3-7-11-23/h2,4-5,8-9,12H,3,6-7,10-11,13H2,1H3,(H,20,27)(H,21,25). The van der Waals surface area contributed by atoms with E-state index < -0.39 is 5.91 Å². The van der Waals surface area contributed by atoms with E-state index in [0.717, 1.165) is 32.4 Å². The number of benzene rings is 1. The summed E-state index contributed by atoms with van der Waals surface area (Å²) in [7, 11) is 0. The van der Waals surface area contributed by atoms with Gasteiger partial charge in [0.2, 0.25) is 11.8 Å². The molecule has 2 aromatic rings. The predicted octanol–water partition coefficient (Wildman–Crippen LogP) is 1.57. The number of aromatic nitrogens is 2. The predicted molar refractivity (Wildman–Crippen MR) is 101 cm³/mol. The van der Waals surface area contributed by atoms with Crippen molar-refractivity contribution >= 4 is 23.5 Å². The number of para-hydroxylation sites is 1. The second-order valence-corrected chi connectivity index (χ2v) is 6.47. The largest absolute Gasteiger partial charge is 0.342 e. The second kappa shape index (κ2) is 8.48. The van der Waals surface area contributed by atoms with Gasteiger partial charge in [-0.3, -0.25) is 14.4 Å². The Bertz CT molecular complexity index is 825. The molecule has 3 rings (SSSR count). The number of nitrogens with one attached hydrogen (secondary N) is 2. The van der Waals surface area contributed by atoms with Crippen molar-refractivity contribution in [3.05, 3.63) is 42.1 Å². The number of piperidine rings is 1. The summed E-state index contributed by atoms with van der Waals surface area (Å²) in [5.74, 6) is -0.421. The summed E-state index contributed by atoms with van der Waals surface area (Å²) in [5, 5.41) is 9.58. The number of nitrogens with zero attached hydrogens (tertiary/aromatic N) is 3. The number of carbonyl (C=O) groups excluding carboxylic acids is 3. The van der Waals surface area contributed by atoms with Crippen LogP contribution in [0.5, 0.6) is 0 Å². The molecule has 1 aliphatic rings. The van der Waals surface area contributed by atoms with Gasteiger partial charge in [-0.15, -0.1) is 0 Å². The molecule has 0 aliphatic carbocycles. The zero-order valence-electron chi connectivity index (χ0n) is 15.3. The summed E-state index contributed by atoms with van der Waals surface area (Å²) < 4.78 is 1.49. The van der Waals surface area contributed by atoms with Gasteiger partial charge in [-0.05, 0) is 31.4 Å². The van der Waals surface area contributed by atoms with E-state index >= 15 is 0 Å². The quantitative estimate of drug-likeness (QED) is 0.836. The highest BCUT2D eigenvalue weighted by Crippen LogP contribution is 2.17. The van der Waals surface area contributed by atoms with Gasteiger partial charge in [0.05, 0.1) is 12.2 Å². The molecular formula is C19H23N5O3. The van der Waals surface area contributed by atoms with E-state index in [9.17, 15) is 14.4 Å². The number of rotatable bonds is 5. The molecule has 0 spiro atoms. The summed E-state index contributed by atoms with van der Waals surface area (Å²) in [6, 6.07) is 10.7. The maximum absolute atomic E-state index is 12.4. The molecule has 0 unspecified atom stereocenters. The van der Waals surface area contributed by atoms with Crippen molar-refractivity contribution in [3.63, 3.8) is 0 Å². The summed E-state index contributed by atoms with van der Waals surface area (Å²) >= 11 is 0. The van der Waals surface area contributed by atoms with Gasteiger partial charge in [0, 0.05) is 26.1 Å². The molecule has 8 heteroatoms. The minimum absolute atomic E-state index is 0.0630. The van der Waals surface area contributed by atoms with Crippen molar-refractivity contribution in [2.24, 2.45) is 0 Å². The van der Waals surface area contributed by atoms with Crippen molar-refractivity contribution in [1.82, 2.24) is 20.0 Å². The fourth-order valence-corrected chi connectivity index (χ4v) is 3.03. The van der Waals surface area contributed by atoms with Crippen LogP contribution in [0.3, 0.4) is 0 Å². The fraction of sp³-hybridized carbons (Fsp3) is 0.368. The molecule has 2 N–H and O–H groups in total. The third-order valence-corrected chi connectivity index (χ3v) is 4.36. The third kappa shape index (κ3) is 4.72. The van der Waals surface area contributed by atoms with E-state index in [1.54, 1.807) is 4.90 Å². The molecular weight excluding hydrogens is 346 g/mol. The molecule has 0 atom stereocenters. The Morgan fingerprint density at radius 3 is 2.44 bits per heavy atom. The van der Waals surface area contributed by atoms with Crippen LogP contribution in [0.2, 0.25) is 0 Å². The first kappa shape index (κ1) is 18.6. The first-order valence-electron chi connectivity index (χ1n) is 9.03. The monoisotopic (exact) mass is 369 g/mol. The molecule has 0 bridgehead atoms. The number of hydrogen-bond acceptors (Lipinski definition) is 4. The Morgan fingerprint density at radius 2 is 1.78 bits per heavy atom. The Morgan fingerprint density at radius 1 is 1.07 bits per heavy atom. The van der Waals surface area contributed by atoms with E-state index in [1.165, 1.54) is 17.7 Å². The lowest BCUT2D eigenvalue weighted by atomic mass is 10.1. The minimum atomic E-state index is -0.457. The molecule has 8 nitrogen and oxygen atoms in total. The second-order valence-electron chi connectivity index (χ2n) is 6.47. The maximum Gasteiger partial charge on any atom is 0.272 e. The molecule has 2 heterocycles. The van der Waals surface area contributed by atoms with E-state index in [0.29, 0.717) is 11.5 Å². The molecule has 0 radical (unpaired) electrons. The van der Waals surface area contributed by atoms with Crippen molar-refractivity contribution in [2.75, 3.05) is 25.0 Å². The first-order chi connectivity index (χ1) is 13.0. The molecule has 142 valence electrons. The number of hydrogen-bond donors (Lipinski definition) is 2. The highest BCUT2D eigenvalue weighted by atomic mass is 16.2. The zero-order chi connectivity index (χ0) is 19.2. The van der Waals surface area contributed by atoms with Crippen LogP contribution in [-0.4, -0.2) is 52.0 Å². The van der Waals surface area contributed by atoms with E-state index in [4.69, 9.17) is 0 Å². The molecule has 1 aromatic carbocycles. The van der Waals surface area contributed by atoms with Gasteiger partial charge in [-0.25, -0.2) is 4.68 Å². The Kier molecular flexibility index (Phi) is 5.85. The average molecular weight is 369 g/mol. The third-order valence-electron chi connectivity index (χ3n) is 4.36. The van der Waals surface area contributed by atoms with Gasteiger partial charge < -0.3 is 15.5 Å². The van der Waals surface area contributed by atoms with Gasteiger partial charge in [0.15, 0.2) is 5.69 Å². The van der Waals surface area contributed by atoms with Crippen molar-refractivity contribution in [1.29, 1.82) is 0 Å². The van der Waals surface area contributed by atoms with Crippen LogP contribution < -0.4 is 10.6 Å². The topological polar surface area (TPSA) is 96.3 Å². The fourth-order valence-electron chi connectivity index (χ4n) is 3.03. The Balaban J connectivity index is 1.71. The average Bonchev–Trinajstić information content (AvgIpc) is 3.10. The van der Waals surface area contributed by atoms with Crippen LogP contribution >= 0.6 is 0 Å². The van der Waals surface area contributed by atoms with Crippen LogP contribution in [0, 0.1) is 0 Å². The van der Waals surface area contributed by atoms with E-state index in [-0.39, 0.29) is 24.1 Å². The zero-order valence-corrected chi connectivity index (χ0v) is 15.3. The smallest absolute Gasteiger partial charge is 0.272 e. The first-order valence-corrected chi connectivity index (χ1v) is 9.03. The summed E-state index contributed by atoms with van der Waals surface area (Å²) in [6.45, 7) is 2.81. The molecule has 1 saturated heterocycles. The number of carbonyl (C=O) groups is 3. The Hall–Kier alpha value is -3.16. The normalized spacial score (nSPS) is 13.9. The molecule has 1 aliphatic heterocycles. The van der Waals surface area contributed by atoms with Crippen LogP contribution in [0.25, 0.3) is 5.69 Å². The van der Waals surface area contributed by atoms with Crippen LogP contribution in [0.15, 0.2) is 36.4 Å². The lowest BCUT2D eigenvalue weighted by Gasteiger charge is -2.26. The minimum Gasteiger partial charge on any atom is -0.342 e. The molecule has 1 aromatic heterocycles. The summed E-state index contributed by atoms with van der Waals surface area (Å²) in [4.78, 5) is 37.9. The lowest BCUT2D eigenvalue weighted by molar-refractivity contribution is -0.131. The highest BCUT2D eigenvalue weighted by Gasteiger charge is 2.20. The molecule has 3 amide bonds. The number of amides is 3. The summed E-state index contributed by atoms with van der Waals surface area (Å²) in [6.07, 6.45) is 3.14. The molecule has 27 heavy (non-hydrogen) atoms. The maximum atomic E-state index is 12.4. The molecule has 0 saturated carbocycles. The SMILES string of the molecule is CC(=O)Nc1cc(C(=O)NCC(=O)N2CCCCC2)nn1-c1ccccc1. The van der Waals surface area contributed by atoms with Crippen molar-refractivity contribution in [3.8, 4) is 5.69 Å². The molecule has 1 fully saturated rings. The van der Waals surface area contributed by atoms with E-state index in [1.807, 2.05) is 30.3 Å². The van der Waals surface area contributed by atoms with Crippen LogP contribution in [-0.2, 0) is 9.59 Å². The van der Waals surface area contributed by atoms with Crippen LogP contribution in [0.4, 0.5) is 5.82 Å². The van der Waals surface area contributed by atoms with Gasteiger partial charge in [-0.2, -0.15) is 5.10 Å². The van der Waals surface area contributed by atoms with Gasteiger partial charge >= 0.3 is 0 Å². The van der Waals surface area contributed by atoms with Gasteiger partial charge in [-0.1, -0.05) is 18.2 Å². The van der Waals surface area contributed by atoms with E-state index in [2.05, 4.69) is 15.7 Å². The highest BCUT2D eigenvalue weighted by molar-refractivity contribution is 5.97. The lowest BCUT2D eigenvalue weighted by Crippen LogP contribution is -2.42. The van der Waals surface area contributed by atoms with Crippen molar-refractivity contribution < 1.29 is 14.4 Å². The number of likely N-dealkylation sites (tertiary alicyclic amines) is 1. The van der Waals surface area contributed by atoms with Gasteiger partial charge in [0.1, 0.15) is 5.82 Å². The van der Waals surface area contributed by atoms with Crippen LogP contribution in [0.1, 0.15) is 36.7 Å².